The van der Waals surface area contributed by atoms with Gasteiger partial charge in [-0.05, 0) is 66.1 Å². The molecule has 1 saturated heterocycles. The summed E-state index contributed by atoms with van der Waals surface area (Å²) in [6.45, 7) is 1.66. The van der Waals surface area contributed by atoms with Crippen LogP contribution in [0.1, 0.15) is 35.4 Å². The number of piperidine rings is 1. The number of carbonyl (C=O) groups is 1. The van der Waals surface area contributed by atoms with E-state index in [9.17, 15) is 9.18 Å². The van der Waals surface area contributed by atoms with Crippen molar-refractivity contribution < 1.29 is 13.9 Å². The van der Waals surface area contributed by atoms with Crippen molar-refractivity contribution in [2.24, 2.45) is 5.92 Å². The smallest absolute Gasteiger partial charge is 0.298 e. The standard InChI is InChI=1S/C29H28FN3O2S/c30-25-10-6-22(7-11-25)19-27-31-29(36-32-27)35-26-12-8-23(9-13-26)20-28(34)33-16-14-24(15-17-33)18-21-4-2-1-3-5-21/h1-13,24H,14-20H2. The van der Waals surface area contributed by atoms with Gasteiger partial charge in [-0.25, -0.2) is 4.39 Å². The lowest BCUT2D eigenvalue weighted by atomic mass is 9.90. The molecule has 184 valence electrons. The van der Waals surface area contributed by atoms with E-state index in [4.69, 9.17) is 4.74 Å². The molecule has 4 aromatic rings. The van der Waals surface area contributed by atoms with E-state index in [2.05, 4.69) is 33.6 Å². The summed E-state index contributed by atoms with van der Waals surface area (Å²) in [5.41, 5.74) is 3.28. The Morgan fingerprint density at radius 1 is 0.917 bits per heavy atom. The Hall–Kier alpha value is -3.58. The summed E-state index contributed by atoms with van der Waals surface area (Å²) in [5.74, 6) is 1.84. The second-order valence-corrected chi connectivity index (χ2v) is 9.93. The number of aromatic nitrogens is 2. The Kier molecular flexibility index (Phi) is 7.67. The van der Waals surface area contributed by atoms with Crippen LogP contribution in [0.25, 0.3) is 0 Å². The summed E-state index contributed by atoms with van der Waals surface area (Å²) in [5, 5.41) is 0.453. The average Bonchev–Trinajstić information content (AvgIpc) is 3.34. The molecule has 1 aliphatic heterocycles. The van der Waals surface area contributed by atoms with Gasteiger partial charge in [-0.1, -0.05) is 54.6 Å². The molecule has 2 heterocycles. The van der Waals surface area contributed by atoms with Crippen LogP contribution >= 0.6 is 11.5 Å². The maximum Gasteiger partial charge on any atom is 0.298 e. The number of ether oxygens (including phenoxy) is 1. The zero-order valence-electron chi connectivity index (χ0n) is 20.0. The molecule has 3 aromatic carbocycles. The molecule has 0 unspecified atom stereocenters. The van der Waals surface area contributed by atoms with Crippen LogP contribution in [0.4, 0.5) is 4.39 Å². The third kappa shape index (κ3) is 6.55. The van der Waals surface area contributed by atoms with Crippen molar-refractivity contribution in [1.82, 2.24) is 14.3 Å². The molecule has 0 aliphatic carbocycles. The number of benzene rings is 3. The molecule has 7 heteroatoms. The fourth-order valence-corrected chi connectivity index (χ4v) is 5.10. The average molecular weight is 502 g/mol. The van der Waals surface area contributed by atoms with Gasteiger partial charge in [0, 0.05) is 31.0 Å². The van der Waals surface area contributed by atoms with Crippen molar-refractivity contribution in [2.45, 2.75) is 32.1 Å². The number of hydrogen-bond donors (Lipinski definition) is 0. The van der Waals surface area contributed by atoms with E-state index in [1.165, 1.54) is 29.2 Å². The van der Waals surface area contributed by atoms with Gasteiger partial charge in [-0.3, -0.25) is 4.79 Å². The van der Waals surface area contributed by atoms with Crippen LogP contribution in [0.3, 0.4) is 0 Å². The number of nitrogens with zero attached hydrogens (tertiary/aromatic N) is 3. The van der Waals surface area contributed by atoms with Crippen molar-refractivity contribution in [3.63, 3.8) is 0 Å². The minimum absolute atomic E-state index is 0.177. The maximum absolute atomic E-state index is 13.1. The van der Waals surface area contributed by atoms with E-state index in [0.717, 1.165) is 43.5 Å². The van der Waals surface area contributed by atoms with Crippen LogP contribution in [0.2, 0.25) is 0 Å². The summed E-state index contributed by atoms with van der Waals surface area (Å²) in [4.78, 5) is 19.3. The third-order valence-electron chi connectivity index (χ3n) is 6.54. The first kappa shape index (κ1) is 24.1. The fourth-order valence-electron chi connectivity index (χ4n) is 4.53. The zero-order valence-corrected chi connectivity index (χ0v) is 20.8. The fraction of sp³-hybridized carbons (Fsp3) is 0.276. The van der Waals surface area contributed by atoms with Crippen molar-refractivity contribution >= 4 is 17.4 Å². The second kappa shape index (κ2) is 11.4. The minimum Gasteiger partial charge on any atom is -0.430 e. The molecule has 36 heavy (non-hydrogen) atoms. The Morgan fingerprint density at radius 2 is 1.61 bits per heavy atom. The Bertz CT molecular complexity index is 1270. The van der Waals surface area contributed by atoms with Gasteiger partial charge in [0.1, 0.15) is 11.6 Å². The molecule has 1 amide bonds. The normalized spacial score (nSPS) is 14.1. The quantitative estimate of drug-likeness (QED) is 0.293. The first-order valence-electron chi connectivity index (χ1n) is 12.3. The van der Waals surface area contributed by atoms with Gasteiger partial charge < -0.3 is 9.64 Å². The topological polar surface area (TPSA) is 55.3 Å². The SMILES string of the molecule is O=C(Cc1ccc(Oc2nc(Cc3ccc(F)cc3)ns2)cc1)N1CCC(Cc2ccccc2)CC1. The highest BCUT2D eigenvalue weighted by Gasteiger charge is 2.23. The molecular formula is C29H28FN3O2S. The first-order valence-corrected chi connectivity index (χ1v) is 13.0. The van der Waals surface area contributed by atoms with Gasteiger partial charge in [0.2, 0.25) is 5.91 Å². The van der Waals surface area contributed by atoms with Gasteiger partial charge in [-0.15, -0.1) is 0 Å². The minimum atomic E-state index is -0.262. The number of likely N-dealkylation sites (tertiary alicyclic amines) is 1. The van der Waals surface area contributed by atoms with Crippen LogP contribution in [0.15, 0.2) is 78.9 Å². The van der Waals surface area contributed by atoms with Gasteiger partial charge in [0.15, 0.2) is 5.82 Å². The van der Waals surface area contributed by atoms with Crippen LogP contribution in [0.5, 0.6) is 10.9 Å². The summed E-state index contributed by atoms with van der Waals surface area (Å²) in [7, 11) is 0. The van der Waals surface area contributed by atoms with Crippen molar-refractivity contribution in [3.8, 4) is 10.9 Å². The lowest BCUT2D eigenvalue weighted by molar-refractivity contribution is -0.131. The van der Waals surface area contributed by atoms with E-state index in [1.807, 2.05) is 35.2 Å². The molecule has 0 spiro atoms. The van der Waals surface area contributed by atoms with Crippen molar-refractivity contribution in [2.75, 3.05) is 13.1 Å². The lowest BCUT2D eigenvalue weighted by Gasteiger charge is -2.32. The maximum atomic E-state index is 13.1. The molecule has 1 aromatic heterocycles. The molecule has 5 rings (SSSR count). The highest BCUT2D eigenvalue weighted by molar-refractivity contribution is 7.07. The molecule has 1 fully saturated rings. The van der Waals surface area contributed by atoms with E-state index in [1.54, 1.807) is 12.1 Å². The van der Waals surface area contributed by atoms with Crippen LogP contribution < -0.4 is 4.74 Å². The Morgan fingerprint density at radius 3 is 2.33 bits per heavy atom. The van der Waals surface area contributed by atoms with Crippen LogP contribution in [-0.4, -0.2) is 33.3 Å². The summed E-state index contributed by atoms with van der Waals surface area (Å²) in [6, 6.07) is 24.5. The predicted octanol–water partition coefficient (Wildman–Crippen LogP) is 6.08. The monoisotopic (exact) mass is 501 g/mol. The molecular weight excluding hydrogens is 473 g/mol. The summed E-state index contributed by atoms with van der Waals surface area (Å²) >= 11 is 1.18. The number of amides is 1. The third-order valence-corrected chi connectivity index (χ3v) is 7.18. The molecule has 0 N–H and O–H groups in total. The molecule has 0 saturated carbocycles. The summed E-state index contributed by atoms with van der Waals surface area (Å²) in [6.07, 6.45) is 4.11. The van der Waals surface area contributed by atoms with Gasteiger partial charge in [0.05, 0.1) is 6.42 Å². The molecule has 0 radical (unpaired) electrons. The number of carbonyl (C=O) groups excluding carboxylic acids is 1. The van der Waals surface area contributed by atoms with Crippen molar-refractivity contribution in [3.05, 3.63) is 107 Å². The van der Waals surface area contributed by atoms with Gasteiger partial charge in [0.25, 0.3) is 5.19 Å². The lowest BCUT2D eigenvalue weighted by Crippen LogP contribution is -2.39. The van der Waals surface area contributed by atoms with Crippen molar-refractivity contribution in [1.29, 1.82) is 0 Å². The van der Waals surface area contributed by atoms with E-state index in [0.29, 0.717) is 35.5 Å². The van der Waals surface area contributed by atoms with Gasteiger partial charge in [-0.2, -0.15) is 9.36 Å². The van der Waals surface area contributed by atoms with Gasteiger partial charge >= 0.3 is 0 Å². The zero-order chi connectivity index (χ0) is 24.7. The van der Waals surface area contributed by atoms with Crippen LogP contribution in [-0.2, 0) is 24.1 Å². The summed E-state index contributed by atoms with van der Waals surface area (Å²) < 4.78 is 23.2. The molecule has 5 nitrogen and oxygen atoms in total. The number of rotatable bonds is 8. The van der Waals surface area contributed by atoms with E-state index in [-0.39, 0.29) is 11.7 Å². The number of hydrogen-bond acceptors (Lipinski definition) is 5. The first-order chi connectivity index (χ1) is 17.6. The Balaban J connectivity index is 1.08. The molecule has 0 bridgehead atoms. The van der Waals surface area contributed by atoms with E-state index < -0.39 is 0 Å². The molecule has 1 aliphatic rings. The predicted molar refractivity (Wildman–Crippen MR) is 139 cm³/mol. The largest absolute Gasteiger partial charge is 0.430 e. The van der Waals surface area contributed by atoms with Crippen LogP contribution in [0, 0.1) is 11.7 Å². The number of halogens is 1. The highest BCUT2D eigenvalue weighted by Crippen LogP contribution is 2.25. The van der Waals surface area contributed by atoms with E-state index >= 15 is 0 Å². The second-order valence-electron chi connectivity index (χ2n) is 9.22. The highest BCUT2D eigenvalue weighted by atomic mass is 32.1. The molecule has 0 atom stereocenters. The Labute approximate surface area is 214 Å².